The number of aliphatic hydroxyl groups excluding tert-OH is 1. The average Bonchev–Trinajstić information content (AvgIpc) is 2.28. The molecule has 1 aliphatic rings. The maximum absolute atomic E-state index is 11.8. The molecule has 0 atom stereocenters. The molecule has 0 aliphatic heterocycles. The number of hydrogen-bond acceptors (Lipinski definition) is 3. The molecule has 0 bridgehead atoms. The SMILES string of the molecule is CC(C)(CN)C(=O)NCC1CCC(O)CC1. The summed E-state index contributed by atoms with van der Waals surface area (Å²) in [5, 5.41) is 12.3. The second kappa shape index (κ2) is 5.64. The summed E-state index contributed by atoms with van der Waals surface area (Å²) in [6.45, 7) is 4.79. The Bertz CT molecular complexity index is 233. The van der Waals surface area contributed by atoms with E-state index in [0.29, 0.717) is 12.5 Å². The minimum atomic E-state index is -0.478. The van der Waals surface area contributed by atoms with E-state index >= 15 is 0 Å². The quantitative estimate of drug-likeness (QED) is 0.661. The highest BCUT2D eigenvalue weighted by atomic mass is 16.3. The van der Waals surface area contributed by atoms with Crippen molar-refractivity contribution < 1.29 is 9.90 Å². The van der Waals surface area contributed by atoms with Crippen LogP contribution in [0.4, 0.5) is 0 Å². The fourth-order valence-electron chi connectivity index (χ4n) is 1.92. The number of aliphatic hydroxyl groups is 1. The van der Waals surface area contributed by atoms with Gasteiger partial charge in [0.05, 0.1) is 11.5 Å². The molecule has 4 nitrogen and oxygen atoms in total. The third-order valence-electron chi connectivity index (χ3n) is 3.49. The molecular weight excluding hydrogens is 204 g/mol. The van der Waals surface area contributed by atoms with Crippen LogP contribution in [0.25, 0.3) is 0 Å². The molecule has 1 rings (SSSR count). The number of carbonyl (C=O) groups excluding carboxylic acids is 1. The molecule has 1 amide bonds. The first-order valence-corrected chi connectivity index (χ1v) is 6.12. The lowest BCUT2D eigenvalue weighted by Crippen LogP contribution is -2.43. The first-order valence-electron chi connectivity index (χ1n) is 6.12. The minimum absolute atomic E-state index is 0.0288. The van der Waals surface area contributed by atoms with Gasteiger partial charge in [0.15, 0.2) is 0 Å². The normalized spacial score (nSPS) is 26.5. The van der Waals surface area contributed by atoms with Crippen LogP contribution < -0.4 is 11.1 Å². The standard InChI is InChI=1S/C12H24N2O2/c1-12(2,8-13)11(16)14-7-9-3-5-10(15)6-4-9/h9-10,15H,3-8,13H2,1-2H3,(H,14,16). The van der Waals surface area contributed by atoms with Gasteiger partial charge in [-0.05, 0) is 45.4 Å². The Kier molecular flexibility index (Phi) is 4.74. The van der Waals surface area contributed by atoms with E-state index in [1.165, 1.54) is 0 Å². The number of nitrogens with two attached hydrogens (primary N) is 1. The molecule has 0 saturated heterocycles. The number of hydrogen-bond donors (Lipinski definition) is 3. The van der Waals surface area contributed by atoms with Crippen molar-refractivity contribution in [1.29, 1.82) is 0 Å². The molecule has 0 radical (unpaired) electrons. The lowest BCUT2D eigenvalue weighted by Gasteiger charge is -2.27. The van der Waals surface area contributed by atoms with E-state index in [1.54, 1.807) is 0 Å². The van der Waals surface area contributed by atoms with Gasteiger partial charge in [0.25, 0.3) is 0 Å². The van der Waals surface area contributed by atoms with Crippen LogP contribution in [0.3, 0.4) is 0 Å². The zero-order chi connectivity index (χ0) is 12.2. The third kappa shape index (κ3) is 3.76. The van der Waals surface area contributed by atoms with Crippen LogP contribution >= 0.6 is 0 Å². The highest BCUT2D eigenvalue weighted by Gasteiger charge is 2.27. The van der Waals surface area contributed by atoms with Crippen molar-refractivity contribution in [2.75, 3.05) is 13.1 Å². The second-order valence-corrected chi connectivity index (χ2v) is 5.47. The highest BCUT2D eigenvalue weighted by molar-refractivity contribution is 5.81. The summed E-state index contributed by atoms with van der Waals surface area (Å²) in [5.41, 5.74) is 5.06. The van der Waals surface area contributed by atoms with E-state index in [1.807, 2.05) is 13.8 Å². The van der Waals surface area contributed by atoms with Crippen LogP contribution in [0, 0.1) is 11.3 Å². The summed E-state index contributed by atoms with van der Waals surface area (Å²) in [7, 11) is 0. The Labute approximate surface area is 97.6 Å². The molecule has 0 unspecified atom stereocenters. The van der Waals surface area contributed by atoms with E-state index in [0.717, 1.165) is 32.2 Å². The number of rotatable bonds is 4. The second-order valence-electron chi connectivity index (χ2n) is 5.47. The molecular formula is C12H24N2O2. The summed E-state index contributed by atoms with van der Waals surface area (Å²) in [4.78, 5) is 11.8. The molecule has 1 saturated carbocycles. The van der Waals surface area contributed by atoms with E-state index in [4.69, 9.17) is 5.73 Å². The predicted molar refractivity (Wildman–Crippen MR) is 63.8 cm³/mol. The molecule has 0 aromatic carbocycles. The van der Waals surface area contributed by atoms with Gasteiger partial charge in [-0.2, -0.15) is 0 Å². The van der Waals surface area contributed by atoms with Crippen molar-refractivity contribution in [3.8, 4) is 0 Å². The van der Waals surface area contributed by atoms with Crippen LogP contribution in [-0.4, -0.2) is 30.2 Å². The van der Waals surface area contributed by atoms with Crippen molar-refractivity contribution in [3.05, 3.63) is 0 Å². The van der Waals surface area contributed by atoms with Crippen molar-refractivity contribution in [2.24, 2.45) is 17.1 Å². The molecule has 4 N–H and O–H groups in total. The summed E-state index contributed by atoms with van der Waals surface area (Å²) in [6.07, 6.45) is 3.60. The number of nitrogens with one attached hydrogen (secondary N) is 1. The van der Waals surface area contributed by atoms with Crippen LogP contribution in [0.5, 0.6) is 0 Å². The van der Waals surface area contributed by atoms with Gasteiger partial charge < -0.3 is 16.2 Å². The molecule has 0 aromatic rings. The Morgan fingerprint density at radius 3 is 2.44 bits per heavy atom. The zero-order valence-corrected chi connectivity index (χ0v) is 10.3. The minimum Gasteiger partial charge on any atom is -0.393 e. The third-order valence-corrected chi connectivity index (χ3v) is 3.49. The van der Waals surface area contributed by atoms with Crippen molar-refractivity contribution in [2.45, 2.75) is 45.6 Å². The number of amides is 1. The Morgan fingerprint density at radius 2 is 1.94 bits per heavy atom. The Morgan fingerprint density at radius 1 is 1.38 bits per heavy atom. The van der Waals surface area contributed by atoms with E-state index < -0.39 is 5.41 Å². The van der Waals surface area contributed by atoms with Crippen molar-refractivity contribution in [3.63, 3.8) is 0 Å². The first kappa shape index (κ1) is 13.5. The van der Waals surface area contributed by atoms with Crippen molar-refractivity contribution in [1.82, 2.24) is 5.32 Å². The van der Waals surface area contributed by atoms with E-state index in [9.17, 15) is 9.90 Å². The molecule has 1 aliphatic carbocycles. The highest BCUT2D eigenvalue weighted by Crippen LogP contribution is 2.23. The van der Waals surface area contributed by atoms with Gasteiger partial charge in [0, 0.05) is 13.1 Å². The lowest BCUT2D eigenvalue weighted by molar-refractivity contribution is -0.129. The van der Waals surface area contributed by atoms with Crippen LogP contribution in [0.2, 0.25) is 0 Å². The fraction of sp³-hybridized carbons (Fsp3) is 0.917. The summed E-state index contributed by atoms with van der Waals surface area (Å²) in [5.74, 6) is 0.544. The molecule has 0 aromatic heterocycles. The Balaban J connectivity index is 2.27. The van der Waals surface area contributed by atoms with E-state index in [-0.39, 0.29) is 12.0 Å². The van der Waals surface area contributed by atoms with Gasteiger partial charge in [-0.25, -0.2) is 0 Å². The topological polar surface area (TPSA) is 75.4 Å². The van der Waals surface area contributed by atoms with Gasteiger partial charge in [-0.15, -0.1) is 0 Å². The van der Waals surface area contributed by atoms with Gasteiger partial charge >= 0.3 is 0 Å². The monoisotopic (exact) mass is 228 g/mol. The molecule has 16 heavy (non-hydrogen) atoms. The van der Waals surface area contributed by atoms with Crippen LogP contribution in [0.15, 0.2) is 0 Å². The van der Waals surface area contributed by atoms with Gasteiger partial charge in [-0.1, -0.05) is 0 Å². The van der Waals surface area contributed by atoms with Gasteiger partial charge in [0.2, 0.25) is 5.91 Å². The zero-order valence-electron chi connectivity index (χ0n) is 10.3. The molecule has 1 fully saturated rings. The Hall–Kier alpha value is -0.610. The molecule has 0 spiro atoms. The largest absolute Gasteiger partial charge is 0.393 e. The lowest BCUT2D eigenvalue weighted by atomic mass is 9.87. The maximum Gasteiger partial charge on any atom is 0.226 e. The smallest absolute Gasteiger partial charge is 0.226 e. The number of carbonyl (C=O) groups is 1. The average molecular weight is 228 g/mol. The van der Waals surface area contributed by atoms with Crippen molar-refractivity contribution >= 4 is 5.91 Å². The molecule has 4 heteroatoms. The predicted octanol–water partition coefficient (Wildman–Crippen LogP) is 0.639. The first-order chi connectivity index (χ1) is 7.45. The van der Waals surface area contributed by atoms with Gasteiger partial charge in [-0.3, -0.25) is 4.79 Å². The summed E-state index contributed by atoms with van der Waals surface area (Å²) in [6, 6.07) is 0. The van der Waals surface area contributed by atoms with Crippen LogP contribution in [0.1, 0.15) is 39.5 Å². The molecule has 94 valence electrons. The van der Waals surface area contributed by atoms with E-state index in [2.05, 4.69) is 5.32 Å². The molecule has 0 heterocycles. The maximum atomic E-state index is 11.8. The van der Waals surface area contributed by atoms with Crippen LogP contribution in [-0.2, 0) is 4.79 Å². The summed E-state index contributed by atoms with van der Waals surface area (Å²) >= 11 is 0. The summed E-state index contributed by atoms with van der Waals surface area (Å²) < 4.78 is 0. The van der Waals surface area contributed by atoms with Gasteiger partial charge in [0.1, 0.15) is 0 Å². The fourth-order valence-corrected chi connectivity index (χ4v) is 1.92.